The molecule has 1 heterocycles. The van der Waals surface area contributed by atoms with E-state index in [-0.39, 0.29) is 17.1 Å². The Balaban J connectivity index is 2.25. The van der Waals surface area contributed by atoms with E-state index in [1.165, 1.54) is 18.2 Å². The molecule has 0 aliphatic carbocycles. The fourth-order valence-electron chi connectivity index (χ4n) is 3.48. The van der Waals surface area contributed by atoms with Crippen LogP contribution >= 0.6 is 0 Å². The SMILES string of the molecule is CC(OC1CCCCO1)C(NC(=O)OC(C)(C)C)C(=O)Oc1cc(C=O)ccc1OCC(CON(O)O)ON(O)O. The fourth-order valence-corrected chi connectivity index (χ4v) is 3.48. The van der Waals surface area contributed by atoms with Crippen LogP contribution in [0.1, 0.15) is 57.3 Å². The number of nitrogens with one attached hydrogen (secondary N) is 1. The van der Waals surface area contributed by atoms with Crippen molar-refractivity contribution in [2.45, 2.75) is 77.1 Å². The van der Waals surface area contributed by atoms with Gasteiger partial charge in [0.15, 0.2) is 23.8 Å². The third-order valence-corrected chi connectivity index (χ3v) is 5.26. The van der Waals surface area contributed by atoms with Gasteiger partial charge in [0.05, 0.1) is 16.9 Å². The van der Waals surface area contributed by atoms with Gasteiger partial charge in [-0.2, -0.15) is 0 Å². The van der Waals surface area contributed by atoms with Gasteiger partial charge in [0, 0.05) is 12.2 Å². The fraction of sp³-hybridized carbons (Fsp3) is 0.625. The molecule has 1 aromatic rings. The summed E-state index contributed by atoms with van der Waals surface area (Å²) >= 11 is 0. The Kier molecular flexibility index (Phi) is 13.7. The van der Waals surface area contributed by atoms with Gasteiger partial charge in [-0.25, -0.2) is 19.3 Å². The largest absolute Gasteiger partial charge is 0.487 e. The second-order valence-corrected chi connectivity index (χ2v) is 9.85. The van der Waals surface area contributed by atoms with Crippen molar-refractivity contribution in [2.75, 3.05) is 19.8 Å². The molecule has 1 aromatic carbocycles. The normalized spacial score (nSPS) is 18.0. The van der Waals surface area contributed by atoms with Gasteiger partial charge in [-0.15, -0.1) is 0 Å². The van der Waals surface area contributed by atoms with E-state index in [4.69, 9.17) is 44.5 Å². The van der Waals surface area contributed by atoms with Crippen molar-refractivity contribution in [1.29, 1.82) is 0 Å². The van der Waals surface area contributed by atoms with E-state index < -0.39 is 66.2 Å². The highest BCUT2D eigenvalue weighted by Crippen LogP contribution is 2.29. The number of carbonyl (C=O) groups excluding carboxylic acids is 3. The first-order chi connectivity index (χ1) is 19.3. The molecule has 1 aliphatic rings. The summed E-state index contributed by atoms with van der Waals surface area (Å²) < 4.78 is 27.8. The zero-order chi connectivity index (χ0) is 30.6. The summed E-state index contributed by atoms with van der Waals surface area (Å²) in [6.07, 6.45) is -0.951. The van der Waals surface area contributed by atoms with Crippen LogP contribution in [0.25, 0.3) is 0 Å². The van der Waals surface area contributed by atoms with Crippen molar-refractivity contribution in [2.24, 2.45) is 0 Å². The van der Waals surface area contributed by atoms with E-state index in [0.717, 1.165) is 12.8 Å². The maximum atomic E-state index is 13.4. The summed E-state index contributed by atoms with van der Waals surface area (Å²) in [7, 11) is 0. The molecular formula is C24H37N3O14. The van der Waals surface area contributed by atoms with Crippen LogP contribution in [-0.2, 0) is 28.7 Å². The lowest BCUT2D eigenvalue weighted by atomic mass is 10.1. The summed E-state index contributed by atoms with van der Waals surface area (Å²) in [5, 5.41) is 36.5. The first-order valence-corrected chi connectivity index (χ1v) is 12.6. The number of hydrogen-bond donors (Lipinski definition) is 5. The summed E-state index contributed by atoms with van der Waals surface area (Å²) in [4.78, 5) is 46.3. The Morgan fingerprint density at radius 3 is 2.44 bits per heavy atom. The highest BCUT2D eigenvalue weighted by molar-refractivity contribution is 5.85. The summed E-state index contributed by atoms with van der Waals surface area (Å²) in [5.41, 5.74) is -0.751. The quantitative estimate of drug-likeness (QED) is 0.0853. The molecule has 4 unspecified atom stereocenters. The second-order valence-electron chi connectivity index (χ2n) is 9.85. The van der Waals surface area contributed by atoms with Crippen molar-refractivity contribution < 1.29 is 68.6 Å². The van der Waals surface area contributed by atoms with Gasteiger partial charge in [-0.3, -0.25) is 25.6 Å². The molecule has 0 bridgehead atoms. The topological polar surface area (TPSA) is 215 Å². The zero-order valence-electron chi connectivity index (χ0n) is 23.1. The van der Waals surface area contributed by atoms with Crippen LogP contribution in [0.3, 0.4) is 0 Å². The van der Waals surface area contributed by atoms with Crippen LogP contribution in [0, 0.1) is 0 Å². The number of ether oxygens (including phenoxy) is 5. The van der Waals surface area contributed by atoms with E-state index in [0.29, 0.717) is 19.3 Å². The molecule has 5 N–H and O–H groups in total. The average molecular weight is 592 g/mol. The highest BCUT2D eigenvalue weighted by Gasteiger charge is 2.34. The Labute approximate surface area is 235 Å². The number of alkyl carbamates (subject to hydrolysis) is 1. The van der Waals surface area contributed by atoms with Gasteiger partial charge < -0.3 is 29.0 Å². The second kappa shape index (κ2) is 16.5. The van der Waals surface area contributed by atoms with E-state index in [1.54, 1.807) is 27.7 Å². The third kappa shape index (κ3) is 13.0. The number of amides is 1. The highest BCUT2D eigenvalue weighted by atomic mass is 17.1. The molecule has 41 heavy (non-hydrogen) atoms. The molecule has 0 saturated carbocycles. The van der Waals surface area contributed by atoms with Crippen molar-refractivity contribution in [3.63, 3.8) is 0 Å². The van der Waals surface area contributed by atoms with Crippen molar-refractivity contribution >= 4 is 18.3 Å². The molecule has 0 radical (unpaired) electrons. The summed E-state index contributed by atoms with van der Waals surface area (Å²) in [6, 6.07) is 2.45. The van der Waals surface area contributed by atoms with Gasteiger partial charge in [0.2, 0.25) is 0 Å². The summed E-state index contributed by atoms with van der Waals surface area (Å²) in [5.74, 6) is -1.34. The predicted molar refractivity (Wildman–Crippen MR) is 132 cm³/mol. The van der Waals surface area contributed by atoms with E-state index >= 15 is 0 Å². The lowest BCUT2D eigenvalue weighted by Gasteiger charge is -2.30. The van der Waals surface area contributed by atoms with Crippen molar-refractivity contribution in [3.05, 3.63) is 23.8 Å². The molecule has 0 spiro atoms. The molecule has 232 valence electrons. The molecule has 17 heteroatoms. The van der Waals surface area contributed by atoms with Gasteiger partial charge >= 0.3 is 12.1 Å². The molecule has 1 fully saturated rings. The maximum Gasteiger partial charge on any atom is 0.408 e. The molecule has 17 nitrogen and oxygen atoms in total. The molecule has 0 aromatic heterocycles. The average Bonchev–Trinajstić information content (AvgIpc) is 2.88. The monoisotopic (exact) mass is 591 g/mol. The molecule has 4 atom stereocenters. The maximum absolute atomic E-state index is 13.4. The van der Waals surface area contributed by atoms with Gasteiger partial charge in [0.25, 0.3) is 0 Å². The number of rotatable bonds is 15. The number of esters is 1. The Bertz CT molecular complexity index is 981. The van der Waals surface area contributed by atoms with Gasteiger partial charge in [0.1, 0.15) is 31.2 Å². The Morgan fingerprint density at radius 2 is 1.85 bits per heavy atom. The van der Waals surface area contributed by atoms with Gasteiger partial charge in [-0.05, 0) is 65.2 Å². The minimum absolute atomic E-state index is 0.106. The van der Waals surface area contributed by atoms with Crippen molar-refractivity contribution in [3.8, 4) is 11.5 Å². The van der Waals surface area contributed by atoms with Crippen LogP contribution < -0.4 is 14.8 Å². The number of nitrogens with zero attached hydrogens (tertiary/aromatic N) is 2. The molecule has 1 aliphatic heterocycles. The van der Waals surface area contributed by atoms with Gasteiger partial charge in [-0.1, -0.05) is 0 Å². The number of carbonyl (C=O) groups is 3. The molecular weight excluding hydrogens is 554 g/mol. The van der Waals surface area contributed by atoms with Crippen LogP contribution in [0.5, 0.6) is 11.5 Å². The molecule has 2 rings (SSSR count). The lowest BCUT2D eigenvalue weighted by molar-refractivity contribution is -0.527. The Hall–Kier alpha value is -2.97. The third-order valence-electron chi connectivity index (χ3n) is 5.26. The summed E-state index contributed by atoms with van der Waals surface area (Å²) in [6.45, 7) is 5.84. The minimum atomic E-state index is -1.38. The van der Waals surface area contributed by atoms with Crippen LogP contribution in [0.4, 0.5) is 4.79 Å². The van der Waals surface area contributed by atoms with Crippen molar-refractivity contribution in [1.82, 2.24) is 16.1 Å². The predicted octanol–water partition coefficient (Wildman–Crippen LogP) is 2.00. The smallest absolute Gasteiger partial charge is 0.408 e. The first-order valence-electron chi connectivity index (χ1n) is 12.6. The molecule has 1 saturated heterocycles. The Morgan fingerprint density at radius 1 is 1.12 bits per heavy atom. The first kappa shape index (κ1) is 34.2. The van der Waals surface area contributed by atoms with Crippen LogP contribution in [0.2, 0.25) is 0 Å². The standard InChI is InChI=1S/C24H37N3O14/c1-15(38-20-7-5-6-10-35-20)21(25-23(30)40-24(2,3)4)22(29)39-19-11-16(12-28)8-9-18(19)36-13-17(41-27(33)34)14-37-26(31)32/h8-9,11-12,15,17,20-21,31-34H,5-7,10,13-14H2,1-4H3,(H,25,30). The van der Waals surface area contributed by atoms with E-state index in [9.17, 15) is 14.4 Å². The van der Waals surface area contributed by atoms with E-state index in [2.05, 4.69) is 15.0 Å². The van der Waals surface area contributed by atoms with Crippen LogP contribution in [-0.4, -0.2) is 99.9 Å². The van der Waals surface area contributed by atoms with Crippen LogP contribution in [0.15, 0.2) is 18.2 Å². The number of benzene rings is 1. The number of hydrogen-bond acceptors (Lipinski definition) is 16. The van der Waals surface area contributed by atoms with E-state index in [1.807, 2.05) is 0 Å². The molecule has 1 amide bonds. The lowest BCUT2D eigenvalue weighted by Crippen LogP contribution is -2.52. The zero-order valence-corrected chi connectivity index (χ0v) is 23.1. The minimum Gasteiger partial charge on any atom is -0.487 e. The number of aldehydes is 1.